The minimum atomic E-state index is -2.64. The van der Waals surface area contributed by atoms with Crippen LogP contribution in [0.25, 0.3) is 0 Å². The van der Waals surface area contributed by atoms with E-state index in [9.17, 15) is 5.11 Å². The summed E-state index contributed by atoms with van der Waals surface area (Å²) in [5.41, 5.74) is 0.916. The number of aromatic hydroxyl groups is 1. The van der Waals surface area contributed by atoms with Gasteiger partial charge >= 0.3 is 0 Å². The molecule has 0 fully saturated rings. The van der Waals surface area contributed by atoms with Gasteiger partial charge in [0.1, 0.15) is 11.5 Å². The minimum absolute atomic E-state index is 0.226. The second-order valence-corrected chi connectivity index (χ2v) is 16.0. The van der Waals surface area contributed by atoms with Crippen molar-refractivity contribution >= 4 is 34.8 Å². The van der Waals surface area contributed by atoms with Crippen LogP contribution in [0.3, 0.4) is 0 Å². The molecule has 2 nitrogen and oxygen atoms in total. The Labute approximate surface area is 187 Å². The van der Waals surface area contributed by atoms with Gasteiger partial charge in [0, 0.05) is 16.4 Å². The van der Waals surface area contributed by atoms with Crippen LogP contribution < -0.4 is 9.83 Å². The minimum Gasteiger partial charge on any atom is -0.507 e. The van der Waals surface area contributed by atoms with Gasteiger partial charge in [-0.2, -0.15) is 0 Å². The predicted molar refractivity (Wildman–Crippen MR) is 134 cm³/mol. The van der Waals surface area contributed by atoms with Crippen molar-refractivity contribution in [2.75, 3.05) is 0 Å². The first-order chi connectivity index (χ1) is 13.0. The second-order valence-electron chi connectivity index (χ2n) is 10.2. The second kappa shape index (κ2) is 8.29. The summed E-state index contributed by atoms with van der Waals surface area (Å²) in [5.74, 6) is 1.54. The maximum Gasteiger partial charge on any atom is 0.193 e. The monoisotopic (exact) mass is 450 g/mol. The molecule has 0 aromatic heterocycles. The van der Waals surface area contributed by atoms with E-state index in [1.54, 1.807) is 0 Å². The molecule has 0 spiro atoms. The maximum absolute atomic E-state index is 11.0. The number of benzene rings is 2. The van der Waals surface area contributed by atoms with Crippen molar-refractivity contribution in [1.29, 1.82) is 0 Å². The molecule has 0 aliphatic rings. The Balaban J connectivity index is 2.64. The van der Waals surface area contributed by atoms with Gasteiger partial charge in [-0.15, -0.1) is 0 Å². The van der Waals surface area contributed by atoms with Gasteiger partial charge in [0.05, 0.1) is 0 Å². The molecule has 2 rings (SSSR count). The summed E-state index contributed by atoms with van der Waals surface area (Å²) in [6, 6.07) is 10.3. The summed E-state index contributed by atoms with van der Waals surface area (Å²) in [6.45, 7) is 18.9. The van der Waals surface area contributed by atoms with E-state index >= 15 is 0 Å². The van der Waals surface area contributed by atoms with Crippen LogP contribution in [0.2, 0.25) is 0 Å². The molecule has 1 N–H and O–H groups in total. The fourth-order valence-corrected chi connectivity index (χ4v) is 5.51. The quantitative estimate of drug-likeness (QED) is 0.377. The topological polar surface area (TPSA) is 29.5 Å². The van der Waals surface area contributed by atoms with Crippen LogP contribution in [0, 0.1) is 6.92 Å². The van der Waals surface area contributed by atoms with Crippen LogP contribution in [-0.4, -0.2) is 5.11 Å². The molecule has 1 unspecified atom stereocenters. The molecule has 0 aliphatic carbocycles. The largest absolute Gasteiger partial charge is 0.507 e. The first-order valence-electron chi connectivity index (χ1n) is 10.1. The molecule has 0 saturated heterocycles. The number of thiol groups is 1. The van der Waals surface area contributed by atoms with E-state index in [1.165, 1.54) is 5.56 Å². The summed E-state index contributed by atoms with van der Waals surface area (Å²) in [7, 11) is 0. The zero-order valence-corrected chi connectivity index (χ0v) is 21.7. The van der Waals surface area contributed by atoms with Crippen molar-refractivity contribution in [3.05, 3.63) is 52.6 Å². The fraction of sp³-hybridized carbons (Fsp3) is 0.500. The molecule has 0 saturated carbocycles. The Morgan fingerprint density at radius 3 is 1.86 bits per heavy atom. The number of aryl methyl sites for hydroxylation is 1. The molecule has 2 aromatic carbocycles. The molecule has 5 heteroatoms. The van der Waals surface area contributed by atoms with Gasteiger partial charge in [-0.05, 0) is 64.8 Å². The van der Waals surface area contributed by atoms with Crippen LogP contribution in [0.1, 0.15) is 83.6 Å². The summed E-state index contributed by atoms with van der Waals surface area (Å²) in [6.07, 6.45) is 0. The number of phenolic OH excluding ortho intramolecular Hbond substituents is 1. The zero-order valence-electron chi connectivity index (χ0n) is 19.1. The van der Waals surface area contributed by atoms with E-state index in [1.807, 2.05) is 19.1 Å². The lowest BCUT2D eigenvalue weighted by Crippen LogP contribution is -2.21. The highest BCUT2D eigenvalue weighted by molar-refractivity contribution is 8.64. The van der Waals surface area contributed by atoms with Crippen LogP contribution in [0.15, 0.2) is 30.3 Å². The molecule has 29 heavy (non-hydrogen) atoms. The van der Waals surface area contributed by atoms with Crippen molar-refractivity contribution in [3.8, 4) is 11.5 Å². The third-order valence-electron chi connectivity index (χ3n) is 5.14. The third kappa shape index (κ3) is 5.60. The highest BCUT2D eigenvalue weighted by Gasteiger charge is 2.30. The van der Waals surface area contributed by atoms with E-state index in [0.29, 0.717) is 11.7 Å². The van der Waals surface area contributed by atoms with Gasteiger partial charge in [0.25, 0.3) is 0 Å². The standard InChI is InChI=1S/C24H35O2PS2/c1-15(2)17-11-10-16(3)21(12-17)26-27(28,29)18-13-19(23(4,5)6)22(25)20(14-18)24(7,8)9/h10-15,25H,1-9H3,(H,28,29). The summed E-state index contributed by atoms with van der Waals surface area (Å²) >= 11 is 10.8. The summed E-state index contributed by atoms with van der Waals surface area (Å²) in [4.78, 5) is 0. The lowest BCUT2D eigenvalue weighted by molar-refractivity contribution is 0.424. The molecule has 160 valence electrons. The average Bonchev–Trinajstić information content (AvgIpc) is 2.54. The summed E-state index contributed by atoms with van der Waals surface area (Å²) < 4.78 is 6.39. The first kappa shape index (κ1) is 24.3. The molecule has 2 aromatic rings. The lowest BCUT2D eigenvalue weighted by atomic mass is 9.79. The lowest BCUT2D eigenvalue weighted by Gasteiger charge is -2.30. The van der Waals surface area contributed by atoms with E-state index in [-0.39, 0.29) is 10.8 Å². The van der Waals surface area contributed by atoms with Crippen LogP contribution >= 0.6 is 17.7 Å². The van der Waals surface area contributed by atoms with Crippen LogP contribution in [0.5, 0.6) is 11.5 Å². The molecular formula is C24H35O2PS2. The zero-order chi connectivity index (χ0) is 22.4. The molecule has 0 radical (unpaired) electrons. The Morgan fingerprint density at radius 2 is 1.45 bits per heavy atom. The molecule has 0 bridgehead atoms. The van der Waals surface area contributed by atoms with Gasteiger partial charge in [-0.1, -0.05) is 79.8 Å². The van der Waals surface area contributed by atoms with Gasteiger partial charge in [-0.3, -0.25) is 0 Å². The van der Waals surface area contributed by atoms with Crippen molar-refractivity contribution in [2.24, 2.45) is 0 Å². The summed E-state index contributed by atoms with van der Waals surface area (Å²) in [5, 5.41) is 11.9. The van der Waals surface area contributed by atoms with Crippen molar-refractivity contribution < 1.29 is 9.63 Å². The molecule has 0 amide bonds. The van der Waals surface area contributed by atoms with Crippen LogP contribution in [0.4, 0.5) is 0 Å². The Hall–Kier alpha value is -0.960. The van der Waals surface area contributed by atoms with Gasteiger partial charge in [0.15, 0.2) is 5.47 Å². The van der Waals surface area contributed by atoms with E-state index in [2.05, 4.69) is 73.6 Å². The number of rotatable bonds is 4. The molecule has 1 atom stereocenters. The fourth-order valence-electron chi connectivity index (χ4n) is 3.19. The van der Waals surface area contributed by atoms with Gasteiger partial charge in [-0.25, -0.2) is 0 Å². The highest BCUT2D eigenvalue weighted by atomic mass is 32.9. The van der Waals surface area contributed by atoms with Gasteiger partial charge < -0.3 is 9.63 Å². The van der Waals surface area contributed by atoms with Crippen LogP contribution in [-0.2, 0) is 22.6 Å². The predicted octanol–water partition coefficient (Wildman–Crippen LogP) is 7.36. The van der Waals surface area contributed by atoms with E-state index < -0.39 is 5.47 Å². The molecule has 0 heterocycles. The Morgan fingerprint density at radius 1 is 0.966 bits per heavy atom. The molecule has 0 aliphatic heterocycles. The van der Waals surface area contributed by atoms with Crippen molar-refractivity contribution in [3.63, 3.8) is 0 Å². The third-order valence-corrected chi connectivity index (χ3v) is 8.29. The Bertz CT molecular complexity index is 915. The van der Waals surface area contributed by atoms with Crippen molar-refractivity contribution in [2.45, 2.75) is 79.1 Å². The van der Waals surface area contributed by atoms with Gasteiger partial charge in [0.2, 0.25) is 0 Å². The van der Waals surface area contributed by atoms with E-state index in [4.69, 9.17) is 28.6 Å². The SMILES string of the molecule is Cc1ccc(C(C)C)cc1OP(=S)(S)c1cc(C(C)(C)C)c(O)c(C(C)(C)C)c1. The number of hydrogen-bond acceptors (Lipinski definition) is 3. The smallest absolute Gasteiger partial charge is 0.193 e. The number of phenols is 1. The average molecular weight is 451 g/mol. The van der Waals surface area contributed by atoms with E-state index in [0.717, 1.165) is 27.7 Å². The first-order valence-corrected chi connectivity index (χ1v) is 13.9. The maximum atomic E-state index is 11.0. The highest BCUT2D eigenvalue weighted by Crippen LogP contribution is 2.53. The molecular weight excluding hydrogens is 415 g/mol. The normalized spacial score (nSPS) is 14.7. The van der Waals surface area contributed by atoms with Crippen molar-refractivity contribution in [1.82, 2.24) is 0 Å². The number of hydrogen-bond donors (Lipinski definition) is 2. The Kier molecular flexibility index (Phi) is 6.95.